The lowest BCUT2D eigenvalue weighted by Gasteiger charge is -2.27. The molecule has 0 saturated heterocycles. The molecule has 1 N–H and O–H groups in total. The highest BCUT2D eigenvalue weighted by molar-refractivity contribution is 5.83. The van der Waals surface area contributed by atoms with Crippen molar-refractivity contribution in [1.82, 2.24) is 5.32 Å². The summed E-state index contributed by atoms with van der Waals surface area (Å²) in [5, 5.41) is 3.96. The summed E-state index contributed by atoms with van der Waals surface area (Å²) in [5.41, 5.74) is 3.39. The molecule has 1 aliphatic carbocycles. The molecule has 5 nitrogen and oxygen atoms in total. The topological polar surface area (TPSA) is 68.5 Å². The molecule has 144 valence electrons. The number of fused-ring (bicyclic) bond motifs is 2. The van der Waals surface area contributed by atoms with Crippen LogP contribution in [0.25, 0.3) is 11.0 Å². The van der Waals surface area contributed by atoms with Gasteiger partial charge in [-0.1, -0.05) is 24.3 Å². The first-order valence-electron chi connectivity index (χ1n) is 9.60. The molecule has 3 aromatic rings. The SMILES string of the molecule is Cc1cc(=O)oc2cc(O[C@@H](C)C(=O)N[C@H]3CCCc4ccccc43)ccc12. The Hall–Kier alpha value is -3.08. The zero-order valence-corrected chi connectivity index (χ0v) is 16.0. The highest BCUT2D eigenvalue weighted by atomic mass is 16.5. The van der Waals surface area contributed by atoms with Gasteiger partial charge in [0.15, 0.2) is 6.10 Å². The second kappa shape index (κ2) is 7.50. The maximum Gasteiger partial charge on any atom is 0.336 e. The van der Waals surface area contributed by atoms with Gasteiger partial charge in [0, 0.05) is 17.5 Å². The minimum atomic E-state index is -0.664. The van der Waals surface area contributed by atoms with E-state index in [1.807, 2.05) is 25.1 Å². The van der Waals surface area contributed by atoms with E-state index in [2.05, 4.69) is 17.4 Å². The van der Waals surface area contributed by atoms with Crippen LogP contribution >= 0.6 is 0 Å². The van der Waals surface area contributed by atoms with E-state index in [1.165, 1.54) is 17.2 Å². The number of benzene rings is 2. The lowest BCUT2D eigenvalue weighted by Crippen LogP contribution is -2.39. The molecule has 2 atom stereocenters. The van der Waals surface area contributed by atoms with Crippen molar-refractivity contribution in [2.45, 2.75) is 45.3 Å². The van der Waals surface area contributed by atoms with Gasteiger partial charge in [-0.25, -0.2) is 4.79 Å². The van der Waals surface area contributed by atoms with Gasteiger partial charge in [-0.2, -0.15) is 0 Å². The Morgan fingerprint density at radius 3 is 2.89 bits per heavy atom. The lowest BCUT2D eigenvalue weighted by molar-refractivity contribution is -0.128. The summed E-state index contributed by atoms with van der Waals surface area (Å²) in [6, 6.07) is 15.0. The molecule has 0 fully saturated rings. The first-order chi connectivity index (χ1) is 13.5. The molecule has 28 heavy (non-hydrogen) atoms. The van der Waals surface area contributed by atoms with Crippen LogP contribution in [0.15, 0.2) is 57.7 Å². The molecule has 0 radical (unpaired) electrons. The molecule has 1 aliphatic rings. The van der Waals surface area contributed by atoms with E-state index in [0.29, 0.717) is 11.3 Å². The highest BCUT2D eigenvalue weighted by Gasteiger charge is 2.24. The van der Waals surface area contributed by atoms with Crippen molar-refractivity contribution in [3.05, 3.63) is 75.6 Å². The first kappa shape index (κ1) is 18.3. The molecule has 2 aromatic carbocycles. The fourth-order valence-electron chi connectivity index (χ4n) is 3.83. The maximum atomic E-state index is 12.7. The van der Waals surface area contributed by atoms with Crippen LogP contribution in [0.3, 0.4) is 0 Å². The normalized spacial score (nSPS) is 17.0. The van der Waals surface area contributed by atoms with Gasteiger partial charge < -0.3 is 14.5 Å². The fraction of sp³-hybridized carbons (Fsp3) is 0.304. The van der Waals surface area contributed by atoms with Crippen molar-refractivity contribution in [3.63, 3.8) is 0 Å². The van der Waals surface area contributed by atoms with Gasteiger partial charge in [0.05, 0.1) is 6.04 Å². The van der Waals surface area contributed by atoms with E-state index in [9.17, 15) is 9.59 Å². The van der Waals surface area contributed by atoms with Gasteiger partial charge in [0.2, 0.25) is 0 Å². The summed E-state index contributed by atoms with van der Waals surface area (Å²) in [5.74, 6) is 0.334. The molecular weight excluding hydrogens is 354 g/mol. The van der Waals surface area contributed by atoms with Crippen LogP contribution in [0.4, 0.5) is 0 Å². The standard InChI is InChI=1S/C23H23NO4/c1-14-12-22(25)28-21-13-17(10-11-18(14)21)27-15(2)23(26)24-20-9-5-7-16-6-3-4-8-19(16)20/h3-4,6,8,10-13,15,20H,5,7,9H2,1-2H3,(H,24,26)/t15-,20-/m0/s1. The summed E-state index contributed by atoms with van der Waals surface area (Å²) < 4.78 is 11.1. The van der Waals surface area contributed by atoms with E-state index >= 15 is 0 Å². The smallest absolute Gasteiger partial charge is 0.336 e. The van der Waals surface area contributed by atoms with E-state index in [0.717, 1.165) is 30.2 Å². The Labute approximate surface area is 163 Å². The number of hydrogen-bond acceptors (Lipinski definition) is 4. The molecule has 0 saturated carbocycles. The van der Waals surface area contributed by atoms with Crippen molar-refractivity contribution < 1.29 is 13.9 Å². The molecule has 0 spiro atoms. The summed E-state index contributed by atoms with van der Waals surface area (Å²) in [6.45, 7) is 3.58. The van der Waals surface area contributed by atoms with Crippen molar-refractivity contribution >= 4 is 16.9 Å². The van der Waals surface area contributed by atoms with Crippen LogP contribution in [0.1, 0.15) is 42.5 Å². The van der Waals surface area contributed by atoms with Gasteiger partial charge in [-0.15, -0.1) is 0 Å². The monoisotopic (exact) mass is 377 g/mol. The van der Waals surface area contributed by atoms with Crippen LogP contribution in [-0.2, 0) is 11.2 Å². The number of rotatable bonds is 4. The Balaban J connectivity index is 1.48. The zero-order chi connectivity index (χ0) is 19.7. The Morgan fingerprint density at radius 1 is 1.21 bits per heavy atom. The van der Waals surface area contributed by atoms with Crippen LogP contribution < -0.4 is 15.7 Å². The Morgan fingerprint density at radius 2 is 2.04 bits per heavy atom. The number of hydrogen-bond donors (Lipinski definition) is 1. The second-order valence-electron chi connectivity index (χ2n) is 7.32. The van der Waals surface area contributed by atoms with Gasteiger partial charge in [-0.05, 0) is 61.9 Å². The molecule has 0 bridgehead atoms. The molecule has 1 heterocycles. The molecule has 0 unspecified atom stereocenters. The van der Waals surface area contributed by atoms with E-state index in [-0.39, 0.29) is 11.9 Å². The zero-order valence-electron chi connectivity index (χ0n) is 16.0. The average molecular weight is 377 g/mol. The van der Waals surface area contributed by atoms with Crippen LogP contribution in [0.5, 0.6) is 5.75 Å². The Bertz CT molecular complexity index is 1090. The van der Waals surface area contributed by atoms with Gasteiger partial charge in [0.25, 0.3) is 5.91 Å². The van der Waals surface area contributed by atoms with E-state index < -0.39 is 11.7 Å². The lowest BCUT2D eigenvalue weighted by atomic mass is 9.87. The number of carbonyl (C=O) groups excluding carboxylic acids is 1. The van der Waals surface area contributed by atoms with Crippen molar-refractivity contribution in [2.75, 3.05) is 0 Å². The van der Waals surface area contributed by atoms with Crippen molar-refractivity contribution in [1.29, 1.82) is 0 Å². The quantitative estimate of drug-likeness (QED) is 0.696. The van der Waals surface area contributed by atoms with E-state index in [1.54, 1.807) is 19.1 Å². The largest absolute Gasteiger partial charge is 0.481 e. The predicted octanol–water partition coefficient (Wildman–Crippen LogP) is 4.06. The first-order valence-corrected chi connectivity index (χ1v) is 9.60. The number of ether oxygens (including phenoxy) is 1. The number of carbonyl (C=O) groups is 1. The Kier molecular flexibility index (Phi) is 4.90. The molecular formula is C23H23NO4. The summed E-state index contributed by atoms with van der Waals surface area (Å²) in [7, 11) is 0. The molecule has 1 amide bonds. The molecule has 0 aliphatic heterocycles. The summed E-state index contributed by atoms with van der Waals surface area (Å²) >= 11 is 0. The van der Waals surface area contributed by atoms with Crippen molar-refractivity contribution in [3.8, 4) is 5.75 Å². The maximum absolute atomic E-state index is 12.7. The van der Waals surface area contributed by atoms with Crippen LogP contribution in [0.2, 0.25) is 0 Å². The minimum absolute atomic E-state index is 0.0146. The summed E-state index contributed by atoms with van der Waals surface area (Å²) in [4.78, 5) is 24.3. The number of amides is 1. The fourth-order valence-corrected chi connectivity index (χ4v) is 3.83. The third-order valence-corrected chi connectivity index (χ3v) is 5.29. The minimum Gasteiger partial charge on any atom is -0.481 e. The molecule has 4 rings (SSSR count). The van der Waals surface area contributed by atoms with Gasteiger partial charge in [-0.3, -0.25) is 4.79 Å². The van der Waals surface area contributed by atoms with Gasteiger partial charge in [0.1, 0.15) is 11.3 Å². The predicted molar refractivity (Wildman–Crippen MR) is 108 cm³/mol. The van der Waals surface area contributed by atoms with Crippen LogP contribution in [0, 0.1) is 6.92 Å². The second-order valence-corrected chi connectivity index (χ2v) is 7.32. The number of nitrogens with one attached hydrogen (secondary N) is 1. The van der Waals surface area contributed by atoms with Gasteiger partial charge >= 0.3 is 5.63 Å². The summed E-state index contributed by atoms with van der Waals surface area (Å²) in [6.07, 6.45) is 2.37. The number of aryl methyl sites for hydroxylation is 2. The van der Waals surface area contributed by atoms with Crippen LogP contribution in [-0.4, -0.2) is 12.0 Å². The molecule has 5 heteroatoms. The van der Waals surface area contributed by atoms with Crippen molar-refractivity contribution in [2.24, 2.45) is 0 Å². The highest BCUT2D eigenvalue weighted by Crippen LogP contribution is 2.29. The third kappa shape index (κ3) is 3.65. The average Bonchev–Trinajstić information content (AvgIpc) is 2.67. The molecule has 1 aromatic heterocycles. The van der Waals surface area contributed by atoms with E-state index in [4.69, 9.17) is 9.15 Å². The third-order valence-electron chi connectivity index (χ3n) is 5.29.